The lowest BCUT2D eigenvalue weighted by atomic mass is 10.3. The van der Waals surface area contributed by atoms with Crippen molar-refractivity contribution in [3.63, 3.8) is 0 Å². The monoisotopic (exact) mass is 376 g/mol. The van der Waals surface area contributed by atoms with Gasteiger partial charge in [-0.2, -0.15) is 0 Å². The highest BCUT2D eigenvalue weighted by molar-refractivity contribution is 6.60. The molecule has 1 aliphatic rings. The number of ether oxygens (including phenoxy) is 2. The van der Waals surface area contributed by atoms with E-state index >= 15 is 0 Å². The molecule has 150 valence electrons. The summed E-state index contributed by atoms with van der Waals surface area (Å²) in [5.41, 5.74) is 0. The Balaban J connectivity index is 2.67. The van der Waals surface area contributed by atoms with Gasteiger partial charge in [0.25, 0.3) is 0 Å². The summed E-state index contributed by atoms with van der Waals surface area (Å²) in [6.07, 6.45) is 7.79. The minimum Gasteiger partial charge on any atom is -0.375 e. The lowest BCUT2D eigenvalue weighted by molar-refractivity contribution is 0.0137. The fourth-order valence-corrected chi connectivity index (χ4v) is 5.36. The summed E-state index contributed by atoms with van der Waals surface area (Å²) in [6.45, 7) is 12.3. The Morgan fingerprint density at radius 2 is 1.36 bits per heavy atom. The lowest BCUT2D eigenvalue weighted by Gasteiger charge is -2.32. The van der Waals surface area contributed by atoms with Gasteiger partial charge in [0.05, 0.1) is 19.3 Å². The molecule has 0 aliphatic carbocycles. The van der Waals surface area contributed by atoms with E-state index in [-0.39, 0.29) is 12.2 Å². The van der Waals surface area contributed by atoms with Gasteiger partial charge in [0.15, 0.2) is 0 Å². The molecule has 5 nitrogen and oxygen atoms in total. The van der Waals surface area contributed by atoms with Crippen LogP contribution in [-0.2, 0) is 22.8 Å². The minimum atomic E-state index is -2.71. The van der Waals surface area contributed by atoms with Crippen molar-refractivity contribution in [1.29, 1.82) is 0 Å². The van der Waals surface area contributed by atoms with Crippen LogP contribution in [-0.4, -0.2) is 54.0 Å². The standard InChI is InChI=1S/C19H40O5Si/c1-5-9-12-22-25(23-13-10-6-2,24-14-11-7-3)17-18(8-4)20-15-19-16-21-19/h18-19H,5-17H2,1-4H3. The van der Waals surface area contributed by atoms with Crippen LogP contribution < -0.4 is 0 Å². The van der Waals surface area contributed by atoms with Crippen molar-refractivity contribution in [1.82, 2.24) is 0 Å². The molecule has 0 bridgehead atoms. The Morgan fingerprint density at radius 1 is 0.880 bits per heavy atom. The summed E-state index contributed by atoms with van der Waals surface area (Å²) in [7, 11) is -2.71. The van der Waals surface area contributed by atoms with Crippen molar-refractivity contribution >= 4 is 8.80 Å². The van der Waals surface area contributed by atoms with Crippen LogP contribution in [0, 0.1) is 0 Å². The number of hydrogen-bond donors (Lipinski definition) is 0. The van der Waals surface area contributed by atoms with Gasteiger partial charge in [0.1, 0.15) is 6.10 Å². The molecule has 0 aromatic carbocycles. The van der Waals surface area contributed by atoms with Gasteiger partial charge in [0.2, 0.25) is 0 Å². The predicted molar refractivity (Wildman–Crippen MR) is 103 cm³/mol. The summed E-state index contributed by atoms with van der Waals surface area (Å²) >= 11 is 0. The quantitative estimate of drug-likeness (QED) is 0.199. The third-order valence-corrected chi connectivity index (χ3v) is 7.20. The minimum absolute atomic E-state index is 0.112. The molecular weight excluding hydrogens is 336 g/mol. The van der Waals surface area contributed by atoms with Gasteiger partial charge >= 0.3 is 8.80 Å². The molecule has 2 unspecified atom stereocenters. The van der Waals surface area contributed by atoms with Gasteiger partial charge in [-0.05, 0) is 25.7 Å². The molecule has 0 N–H and O–H groups in total. The average Bonchev–Trinajstić information content (AvgIpc) is 3.43. The highest BCUT2D eigenvalue weighted by Gasteiger charge is 2.44. The maximum Gasteiger partial charge on any atom is 0.503 e. The SMILES string of the molecule is CCCCO[Si](CC(CC)OCC1CO1)(OCCCC)OCCCC. The molecule has 0 saturated carbocycles. The van der Waals surface area contributed by atoms with Crippen LogP contribution in [0.25, 0.3) is 0 Å². The zero-order chi connectivity index (χ0) is 18.4. The molecule has 0 spiro atoms. The van der Waals surface area contributed by atoms with Crippen LogP contribution in [0.2, 0.25) is 6.04 Å². The summed E-state index contributed by atoms with van der Waals surface area (Å²) in [5.74, 6) is 0. The molecule has 1 fully saturated rings. The van der Waals surface area contributed by atoms with Gasteiger partial charge < -0.3 is 22.8 Å². The van der Waals surface area contributed by atoms with E-state index in [2.05, 4.69) is 27.7 Å². The molecule has 0 amide bonds. The molecule has 25 heavy (non-hydrogen) atoms. The van der Waals surface area contributed by atoms with E-state index in [0.29, 0.717) is 26.4 Å². The van der Waals surface area contributed by atoms with E-state index in [1.54, 1.807) is 0 Å². The Labute approximate surface area is 156 Å². The van der Waals surface area contributed by atoms with E-state index in [4.69, 9.17) is 22.8 Å². The van der Waals surface area contributed by atoms with Crippen molar-refractivity contribution in [2.24, 2.45) is 0 Å². The Morgan fingerprint density at radius 3 is 1.72 bits per heavy atom. The summed E-state index contributed by atoms with van der Waals surface area (Å²) in [6, 6.07) is 0.743. The largest absolute Gasteiger partial charge is 0.503 e. The molecule has 0 radical (unpaired) electrons. The van der Waals surface area contributed by atoms with Gasteiger partial charge in [-0.25, -0.2) is 0 Å². The molecule has 1 saturated heterocycles. The fourth-order valence-electron chi connectivity index (χ4n) is 2.43. The number of hydrogen-bond acceptors (Lipinski definition) is 5. The van der Waals surface area contributed by atoms with Gasteiger partial charge in [-0.15, -0.1) is 0 Å². The fraction of sp³-hybridized carbons (Fsp3) is 1.00. The predicted octanol–water partition coefficient (Wildman–Crippen LogP) is 4.57. The van der Waals surface area contributed by atoms with E-state index in [9.17, 15) is 0 Å². The molecule has 0 aromatic heterocycles. The smallest absolute Gasteiger partial charge is 0.375 e. The first-order valence-electron chi connectivity index (χ1n) is 10.3. The Hall–Kier alpha value is 0.0169. The summed E-state index contributed by atoms with van der Waals surface area (Å²) in [4.78, 5) is 0. The van der Waals surface area contributed by atoms with Gasteiger partial charge in [-0.1, -0.05) is 47.0 Å². The Kier molecular flexibility index (Phi) is 13.0. The maximum absolute atomic E-state index is 6.30. The lowest BCUT2D eigenvalue weighted by Crippen LogP contribution is -2.49. The second-order valence-electron chi connectivity index (χ2n) is 6.81. The van der Waals surface area contributed by atoms with Crippen molar-refractivity contribution < 1.29 is 22.8 Å². The molecular formula is C19H40O5Si. The molecule has 2 atom stereocenters. The average molecular weight is 377 g/mol. The summed E-state index contributed by atoms with van der Waals surface area (Å²) < 4.78 is 30.2. The third kappa shape index (κ3) is 10.7. The zero-order valence-electron chi connectivity index (χ0n) is 16.9. The van der Waals surface area contributed by atoms with E-state index < -0.39 is 8.80 Å². The van der Waals surface area contributed by atoms with Crippen LogP contribution >= 0.6 is 0 Å². The second kappa shape index (κ2) is 14.1. The van der Waals surface area contributed by atoms with Crippen LogP contribution in [0.3, 0.4) is 0 Å². The van der Waals surface area contributed by atoms with Crippen LogP contribution in [0.4, 0.5) is 0 Å². The summed E-state index contributed by atoms with van der Waals surface area (Å²) in [5, 5.41) is 0. The van der Waals surface area contributed by atoms with E-state index in [1.807, 2.05) is 0 Å². The van der Waals surface area contributed by atoms with Crippen LogP contribution in [0.1, 0.15) is 72.6 Å². The van der Waals surface area contributed by atoms with Gasteiger partial charge in [-0.3, -0.25) is 0 Å². The number of unbranched alkanes of at least 4 members (excludes halogenated alkanes) is 3. The Bertz CT molecular complexity index is 286. The number of epoxide rings is 1. The molecule has 6 heteroatoms. The topological polar surface area (TPSA) is 49.5 Å². The van der Waals surface area contributed by atoms with Crippen LogP contribution in [0.15, 0.2) is 0 Å². The van der Waals surface area contributed by atoms with Crippen molar-refractivity contribution in [2.45, 2.75) is 90.9 Å². The molecule has 0 aromatic rings. The first-order valence-corrected chi connectivity index (χ1v) is 12.3. The second-order valence-corrected chi connectivity index (χ2v) is 9.45. The van der Waals surface area contributed by atoms with Crippen molar-refractivity contribution in [2.75, 3.05) is 33.0 Å². The van der Waals surface area contributed by atoms with E-state index in [0.717, 1.165) is 57.6 Å². The first kappa shape index (κ1) is 23.1. The normalized spacial score (nSPS) is 18.5. The maximum atomic E-state index is 6.30. The third-order valence-electron chi connectivity index (χ3n) is 4.31. The van der Waals surface area contributed by atoms with Crippen LogP contribution in [0.5, 0.6) is 0 Å². The molecule has 1 heterocycles. The molecule has 1 aliphatic heterocycles. The zero-order valence-corrected chi connectivity index (χ0v) is 17.9. The van der Waals surface area contributed by atoms with Crippen molar-refractivity contribution in [3.05, 3.63) is 0 Å². The van der Waals surface area contributed by atoms with Crippen molar-refractivity contribution in [3.8, 4) is 0 Å². The number of rotatable bonds is 18. The van der Waals surface area contributed by atoms with Gasteiger partial charge in [0, 0.05) is 25.9 Å². The first-order chi connectivity index (χ1) is 12.2. The molecule has 1 rings (SSSR count). The highest BCUT2D eigenvalue weighted by atomic mass is 28.4. The highest BCUT2D eigenvalue weighted by Crippen LogP contribution is 2.24. The van der Waals surface area contributed by atoms with E-state index in [1.165, 1.54) is 0 Å².